The van der Waals surface area contributed by atoms with Crippen LogP contribution in [0.1, 0.15) is 23.6 Å². The molecule has 1 unspecified atom stereocenters. The number of carbonyl (C=O) groups excluding carboxylic acids is 2. The molecule has 3 aromatic rings. The smallest absolute Gasteiger partial charge is 0.244 e. The largest absolute Gasteiger partial charge is 0.392 e. The number of aromatic nitrogens is 2. The van der Waals surface area contributed by atoms with Crippen LogP contribution in [0, 0.1) is 0 Å². The second-order valence-electron chi connectivity index (χ2n) is 9.47. The van der Waals surface area contributed by atoms with Crippen LogP contribution in [0.15, 0.2) is 58.3 Å². The number of aliphatic hydroxyl groups excluding tert-OH is 1. The quantitative estimate of drug-likeness (QED) is 0.363. The molecule has 12 heteroatoms. The van der Waals surface area contributed by atoms with Crippen molar-refractivity contribution in [1.82, 2.24) is 19.9 Å². The average Bonchev–Trinajstić information content (AvgIpc) is 3.53. The molecule has 2 aromatic carbocycles. The van der Waals surface area contributed by atoms with Crippen molar-refractivity contribution < 1.29 is 28.3 Å². The van der Waals surface area contributed by atoms with E-state index < -0.39 is 16.5 Å². The van der Waals surface area contributed by atoms with Gasteiger partial charge >= 0.3 is 0 Å². The van der Waals surface area contributed by atoms with Gasteiger partial charge in [0.25, 0.3) is 0 Å². The highest BCUT2D eigenvalue weighted by molar-refractivity contribution is 8.25. The van der Waals surface area contributed by atoms with Gasteiger partial charge in [0.1, 0.15) is 5.75 Å². The van der Waals surface area contributed by atoms with E-state index in [1.165, 1.54) is 6.39 Å². The van der Waals surface area contributed by atoms with Crippen LogP contribution in [0.2, 0.25) is 0 Å². The van der Waals surface area contributed by atoms with E-state index in [2.05, 4.69) is 20.4 Å². The number of rotatable bonds is 7. The van der Waals surface area contributed by atoms with Gasteiger partial charge in [0.05, 0.1) is 29.1 Å². The number of benzene rings is 2. The number of amides is 2. The second kappa shape index (κ2) is 10.2. The molecule has 11 nitrogen and oxygen atoms in total. The molecular formula is C25H29N5O6S. The Bertz CT molecular complexity index is 1300. The number of aliphatic hydroxyl groups is 1. The third-order valence-electron chi connectivity index (χ3n) is 6.79. The molecule has 0 aliphatic carbocycles. The van der Waals surface area contributed by atoms with Crippen molar-refractivity contribution in [3.63, 3.8) is 0 Å². The molecule has 0 spiro atoms. The lowest BCUT2D eigenvalue weighted by molar-refractivity contribution is -0.131. The van der Waals surface area contributed by atoms with Gasteiger partial charge in [0.15, 0.2) is 0 Å². The van der Waals surface area contributed by atoms with Crippen LogP contribution in [-0.4, -0.2) is 84.5 Å². The molecule has 1 saturated heterocycles. The number of fused-ring (bicyclic) bond motifs is 1. The first-order valence-electron chi connectivity index (χ1n) is 11.9. The number of likely N-dealkylation sites (N-methyl/N-ethyl adjacent to an activating group) is 1. The zero-order chi connectivity index (χ0) is 26.2. The van der Waals surface area contributed by atoms with Gasteiger partial charge in [-0.2, -0.15) is 15.6 Å². The number of carbonyl (C=O) groups is 2. The van der Waals surface area contributed by atoms with E-state index >= 15 is 0 Å². The van der Waals surface area contributed by atoms with Gasteiger partial charge in [-0.1, -0.05) is 29.4 Å². The second-order valence-corrected chi connectivity index (χ2v) is 11.5. The van der Waals surface area contributed by atoms with Crippen molar-refractivity contribution in [2.24, 2.45) is 0 Å². The third kappa shape index (κ3) is 5.53. The molecular weight excluding hydrogens is 498 g/mol. The number of nitrogens with zero attached hydrogens (tertiary/aromatic N) is 4. The Morgan fingerprint density at radius 1 is 1.30 bits per heavy atom. The van der Waals surface area contributed by atoms with Gasteiger partial charge in [0, 0.05) is 32.2 Å². The molecule has 2 aliphatic heterocycles. The van der Waals surface area contributed by atoms with Gasteiger partial charge in [-0.25, -0.2) is 0 Å². The van der Waals surface area contributed by atoms with Crippen LogP contribution >= 0.6 is 10.6 Å². The summed E-state index contributed by atoms with van der Waals surface area (Å²) in [6.45, 7) is 1.82. The SMILES string of the molecule is CN(C(=O)Cc1ccc2c(c1)NC(=O)CS2(O)O)[C@H](CN1CCC(O)C1)c1cccc(-c2ncon2)c1. The summed E-state index contributed by atoms with van der Waals surface area (Å²) in [5.74, 6) is -0.532. The highest BCUT2D eigenvalue weighted by atomic mass is 32.3. The Morgan fingerprint density at radius 2 is 2.14 bits per heavy atom. The summed E-state index contributed by atoms with van der Waals surface area (Å²) in [5, 5.41) is 16.6. The van der Waals surface area contributed by atoms with Crippen LogP contribution in [0.5, 0.6) is 0 Å². The van der Waals surface area contributed by atoms with Gasteiger partial charge in [-0.15, -0.1) is 0 Å². The first-order chi connectivity index (χ1) is 17.7. The number of likely N-dealkylation sites (tertiary alicyclic amines) is 1. The molecule has 2 amide bonds. The minimum atomic E-state index is -3.19. The van der Waals surface area contributed by atoms with E-state index in [0.717, 1.165) is 17.7 Å². The minimum Gasteiger partial charge on any atom is -0.392 e. The molecule has 0 radical (unpaired) electrons. The molecule has 196 valence electrons. The maximum atomic E-state index is 13.5. The first kappa shape index (κ1) is 25.4. The van der Waals surface area contributed by atoms with Crippen molar-refractivity contribution in [1.29, 1.82) is 0 Å². The Kier molecular flexibility index (Phi) is 7.01. The minimum absolute atomic E-state index is 0.0580. The lowest BCUT2D eigenvalue weighted by Crippen LogP contribution is -2.39. The zero-order valence-corrected chi connectivity index (χ0v) is 21.1. The van der Waals surface area contributed by atoms with E-state index in [-0.39, 0.29) is 35.1 Å². The van der Waals surface area contributed by atoms with Gasteiger partial charge in [-0.05, 0) is 35.7 Å². The molecule has 2 aliphatic rings. The molecule has 4 N–H and O–H groups in total. The summed E-state index contributed by atoms with van der Waals surface area (Å²) in [4.78, 5) is 33.6. The van der Waals surface area contributed by atoms with E-state index in [1.54, 1.807) is 30.1 Å². The van der Waals surface area contributed by atoms with Gasteiger partial charge < -0.3 is 19.8 Å². The Morgan fingerprint density at radius 3 is 2.86 bits per heavy atom. The van der Waals surface area contributed by atoms with Gasteiger partial charge in [-0.3, -0.25) is 23.6 Å². The van der Waals surface area contributed by atoms with Crippen LogP contribution in [0.3, 0.4) is 0 Å². The predicted molar refractivity (Wildman–Crippen MR) is 137 cm³/mol. The fourth-order valence-corrected chi connectivity index (χ4v) is 6.19. The highest BCUT2D eigenvalue weighted by Crippen LogP contribution is 2.53. The Balaban J connectivity index is 1.39. The van der Waals surface area contributed by atoms with Crippen molar-refractivity contribution in [2.75, 3.05) is 37.8 Å². The monoisotopic (exact) mass is 527 g/mol. The van der Waals surface area contributed by atoms with E-state index in [1.807, 2.05) is 24.3 Å². The summed E-state index contributed by atoms with van der Waals surface area (Å²) < 4.78 is 25.4. The zero-order valence-electron chi connectivity index (χ0n) is 20.3. The van der Waals surface area contributed by atoms with E-state index in [4.69, 9.17) is 4.52 Å². The lowest BCUT2D eigenvalue weighted by atomic mass is 10.0. The standard InChI is InChI=1S/C25H29N5O6S/c1-29(24(33)10-16-5-6-22-20(9-16)27-23(32)14-37(22,34)35)21(13-30-8-7-19(31)12-30)17-3-2-4-18(11-17)25-26-15-36-28-25/h2-6,9,11,15,19,21,31,34-35H,7-8,10,12-14H2,1H3,(H,27,32)/t19?,21-/m1/s1. The lowest BCUT2D eigenvalue weighted by Gasteiger charge is -2.37. The summed E-state index contributed by atoms with van der Waals surface area (Å²) >= 11 is 0. The van der Waals surface area contributed by atoms with Crippen LogP contribution < -0.4 is 5.32 Å². The van der Waals surface area contributed by atoms with Crippen molar-refractivity contribution >= 4 is 28.1 Å². The summed E-state index contributed by atoms with van der Waals surface area (Å²) in [6.07, 6.45) is 1.63. The number of hydrogen-bond acceptors (Lipinski definition) is 9. The molecule has 1 fully saturated rings. The molecule has 5 rings (SSSR count). The summed E-state index contributed by atoms with van der Waals surface area (Å²) in [5.41, 5.74) is 2.62. The third-order valence-corrected chi connectivity index (χ3v) is 8.51. The van der Waals surface area contributed by atoms with Crippen molar-refractivity contribution in [2.45, 2.75) is 29.9 Å². The molecule has 0 saturated carbocycles. The number of hydrogen-bond donors (Lipinski definition) is 4. The normalized spacial score (nSPS) is 20.6. The number of anilines is 1. The fraction of sp³-hybridized carbons (Fsp3) is 0.360. The van der Waals surface area contributed by atoms with Gasteiger partial charge in [0.2, 0.25) is 24.0 Å². The molecule has 2 atom stereocenters. The number of nitrogens with one attached hydrogen (secondary N) is 1. The van der Waals surface area contributed by atoms with Crippen molar-refractivity contribution in [3.8, 4) is 11.4 Å². The van der Waals surface area contributed by atoms with E-state index in [9.17, 15) is 23.8 Å². The summed E-state index contributed by atoms with van der Waals surface area (Å²) in [7, 11) is -1.45. The fourth-order valence-electron chi connectivity index (χ4n) is 4.85. The predicted octanol–water partition coefficient (Wildman–Crippen LogP) is 2.61. The average molecular weight is 528 g/mol. The molecule has 37 heavy (non-hydrogen) atoms. The van der Waals surface area contributed by atoms with Crippen LogP contribution in [-0.2, 0) is 16.0 Å². The first-order valence-corrected chi connectivity index (χ1v) is 13.6. The molecule has 3 heterocycles. The van der Waals surface area contributed by atoms with E-state index in [0.29, 0.717) is 36.6 Å². The topological polar surface area (TPSA) is 152 Å². The number of β-amino-alcohol motifs (C(OH)–C–C–N with tert-alkyl or cyclic N) is 1. The highest BCUT2D eigenvalue weighted by Gasteiger charge is 2.31. The molecule has 0 bridgehead atoms. The summed E-state index contributed by atoms with van der Waals surface area (Å²) in [6, 6.07) is 12.2. The maximum Gasteiger partial charge on any atom is 0.244 e. The molecule has 1 aromatic heterocycles. The maximum absolute atomic E-state index is 13.5. The Hall–Kier alpha value is -3.29. The Labute approximate surface area is 215 Å². The van der Waals surface area contributed by atoms with Crippen molar-refractivity contribution in [3.05, 3.63) is 60.0 Å². The van der Waals surface area contributed by atoms with Crippen LogP contribution in [0.4, 0.5) is 5.69 Å². The van der Waals surface area contributed by atoms with Crippen LogP contribution in [0.25, 0.3) is 11.4 Å².